The number of halogens is 2. The molecule has 0 aromatic carbocycles. The Kier molecular flexibility index (Phi) is 3.16. The quantitative estimate of drug-likeness (QED) is 0.861. The monoisotopic (exact) mass is 247 g/mol. The van der Waals surface area contributed by atoms with Gasteiger partial charge in [0, 0.05) is 6.42 Å². The molecule has 0 spiro atoms. The number of carbonyl (C=O) groups is 1. The van der Waals surface area contributed by atoms with E-state index in [1.165, 1.54) is 17.2 Å². The maximum atomic E-state index is 13.2. The molecule has 1 aromatic rings. The zero-order valence-electron chi connectivity index (χ0n) is 8.40. The summed E-state index contributed by atoms with van der Waals surface area (Å²) >= 11 is 5.67. The smallest absolute Gasteiger partial charge is 0.259 e. The predicted molar refractivity (Wildman–Crippen MR) is 55.1 cm³/mol. The Morgan fingerprint density at radius 1 is 1.75 bits per heavy atom. The number of rotatable bonds is 2. The fourth-order valence-electron chi connectivity index (χ4n) is 1.88. The maximum absolute atomic E-state index is 13.2. The van der Waals surface area contributed by atoms with E-state index in [2.05, 4.69) is 0 Å². The van der Waals surface area contributed by atoms with Gasteiger partial charge in [0.15, 0.2) is 0 Å². The van der Waals surface area contributed by atoms with E-state index < -0.39 is 18.1 Å². The molecule has 1 aliphatic heterocycles. The van der Waals surface area contributed by atoms with Crippen LogP contribution in [0.15, 0.2) is 16.7 Å². The van der Waals surface area contributed by atoms with Crippen LogP contribution in [0.3, 0.4) is 0 Å². The van der Waals surface area contributed by atoms with E-state index in [4.69, 9.17) is 21.1 Å². The largest absolute Gasteiger partial charge is 0.452 e. The fourth-order valence-corrected chi connectivity index (χ4v) is 2.08. The highest BCUT2D eigenvalue weighted by Gasteiger charge is 2.36. The van der Waals surface area contributed by atoms with Crippen molar-refractivity contribution in [3.05, 3.63) is 23.1 Å². The molecule has 0 unspecified atom stereocenters. The van der Waals surface area contributed by atoms with E-state index in [1.54, 1.807) is 0 Å². The topological polar surface area (TPSA) is 53.7 Å². The van der Waals surface area contributed by atoms with Gasteiger partial charge in [-0.2, -0.15) is 0 Å². The van der Waals surface area contributed by atoms with E-state index in [9.17, 15) is 9.18 Å². The molecule has 16 heavy (non-hydrogen) atoms. The molecule has 2 atom stereocenters. The summed E-state index contributed by atoms with van der Waals surface area (Å²) in [5, 5.41) is 9.04. The van der Waals surface area contributed by atoms with Gasteiger partial charge in [0.25, 0.3) is 5.91 Å². The normalized spacial score (nSPS) is 25.1. The minimum absolute atomic E-state index is 0.00836. The van der Waals surface area contributed by atoms with Gasteiger partial charge in [0.2, 0.25) is 5.22 Å². The second-order valence-electron chi connectivity index (χ2n) is 3.73. The number of amides is 1. The minimum atomic E-state index is -1.09. The second-order valence-corrected chi connectivity index (χ2v) is 4.08. The van der Waals surface area contributed by atoms with Crippen LogP contribution in [0.4, 0.5) is 4.39 Å². The van der Waals surface area contributed by atoms with Crippen molar-refractivity contribution in [1.29, 1.82) is 0 Å². The van der Waals surface area contributed by atoms with Crippen LogP contribution in [0.5, 0.6) is 0 Å². The highest BCUT2D eigenvalue weighted by atomic mass is 35.5. The Hall–Kier alpha value is -1.07. The lowest BCUT2D eigenvalue weighted by atomic mass is 10.2. The first-order valence-electron chi connectivity index (χ1n) is 4.92. The average Bonchev–Trinajstić information content (AvgIpc) is 2.83. The summed E-state index contributed by atoms with van der Waals surface area (Å²) in [6.45, 7) is -0.257. The van der Waals surface area contributed by atoms with Crippen LogP contribution in [0.2, 0.25) is 5.22 Å². The summed E-state index contributed by atoms with van der Waals surface area (Å²) in [6, 6.07) is 0.957. The zero-order chi connectivity index (χ0) is 11.7. The first-order valence-corrected chi connectivity index (χ1v) is 5.30. The fraction of sp³-hybridized carbons (Fsp3) is 0.500. The molecule has 0 saturated carbocycles. The second kappa shape index (κ2) is 4.43. The third-order valence-electron chi connectivity index (χ3n) is 2.68. The Morgan fingerprint density at radius 2 is 2.50 bits per heavy atom. The summed E-state index contributed by atoms with van der Waals surface area (Å²) in [5.41, 5.74) is 0.203. The molecule has 1 N–H and O–H groups in total. The maximum Gasteiger partial charge on any atom is 0.259 e. The van der Waals surface area contributed by atoms with Crippen LogP contribution in [-0.4, -0.2) is 41.3 Å². The third-order valence-corrected chi connectivity index (χ3v) is 2.98. The lowest BCUT2D eigenvalue weighted by Crippen LogP contribution is -2.37. The molecule has 88 valence electrons. The lowest BCUT2D eigenvalue weighted by Gasteiger charge is -2.21. The van der Waals surface area contributed by atoms with Gasteiger partial charge >= 0.3 is 0 Å². The number of alkyl halides is 1. The molecule has 1 amide bonds. The Labute approximate surface area is 96.6 Å². The predicted octanol–water partition coefficient (Wildman–Crippen LogP) is 1.48. The van der Waals surface area contributed by atoms with Gasteiger partial charge in [-0.15, -0.1) is 0 Å². The molecule has 2 heterocycles. The number of hydrogen-bond donors (Lipinski definition) is 1. The van der Waals surface area contributed by atoms with Gasteiger partial charge < -0.3 is 14.4 Å². The standard InChI is InChI=1S/C10H11ClFNO3/c11-9-8(1-2-16-9)10(15)13-4-6(12)3-7(13)5-14/h1-2,6-7,14H,3-5H2/t6-,7-/m0/s1. The van der Waals surface area contributed by atoms with Crippen LogP contribution in [-0.2, 0) is 0 Å². The lowest BCUT2D eigenvalue weighted by molar-refractivity contribution is 0.0672. The van der Waals surface area contributed by atoms with Crippen molar-refractivity contribution in [3.8, 4) is 0 Å². The van der Waals surface area contributed by atoms with Crippen LogP contribution < -0.4 is 0 Å². The number of hydrogen-bond acceptors (Lipinski definition) is 3. The van der Waals surface area contributed by atoms with Crippen LogP contribution in [0, 0.1) is 0 Å². The molecule has 1 saturated heterocycles. The molecule has 2 rings (SSSR count). The van der Waals surface area contributed by atoms with Gasteiger partial charge in [-0.1, -0.05) is 0 Å². The van der Waals surface area contributed by atoms with Gasteiger partial charge in [-0.3, -0.25) is 4.79 Å². The average molecular weight is 248 g/mol. The number of aliphatic hydroxyl groups excluding tert-OH is 1. The molecule has 1 aromatic heterocycles. The van der Waals surface area contributed by atoms with Crippen molar-refractivity contribution >= 4 is 17.5 Å². The molecular weight excluding hydrogens is 237 g/mol. The number of carbonyl (C=O) groups excluding carboxylic acids is 1. The van der Waals surface area contributed by atoms with Crippen LogP contribution in [0.25, 0.3) is 0 Å². The summed E-state index contributed by atoms with van der Waals surface area (Å²) in [5.74, 6) is -0.405. The number of nitrogens with zero attached hydrogens (tertiary/aromatic N) is 1. The summed E-state index contributed by atoms with van der Waals surface area (Å²) in [4.78, 5) is 13.2. The van der Waals surface area contributed by atoms with Gasteiger partial charge in [0.05, 0.1) is 31.0 Å². The van der Waals surface area contributed by atoms with Gasteiger partial charge in [0.1, 0.15) is 6.17 Å². The van der Waals surface area contributed by atoms with Crippen LogP contribution >= 0.6 is 11.6 Å². The van der Waals surface area contributed by atoms with Crippen molar-refractivity contribution in [2.75, 3.05) is 13.2 Å². The molecule has 0 aliphatic carbocycles. The molecule has 6 heteroatoms. The number of likely N-dealkylation sites (tertiary alicyclic amines) is 1. The Morgan fingerprint density at radius 3 is 3.06 bits per heavy atom. The summed E-state index contributed by atoms with van der Waals surface area (Å²) in [6.07, 6.45) is 0.372. The number of furan rings is 1. The summed E-state index contributed by atoms with van der Waals surface area (Å²) < 4.78 is 18.0. The molecule has 1 aliphatic rings. The minimum Gasteiger partial charge on any atom is -0.452 e. The summed E-state index contributed by atoms with van der Waals surface area (Å²) in [7, 11) is 0. The van der Waals surface area contributed by atoms with Crippen LogP contribution in [0.1, 0.15) is 16.8 Å². The van der Waals surface area contributed by atoms with Gasteiger partial charge in [-0.05, 0) is 17.7 Å². The highest BCUT2D eigenvalue weighted by Crippen LogP contribution is 2.25. The molecular formula is C10H11ClFNO3. The number of aliphatic hydroxyl groups is 1. The molecule has 0 radical (unpaired) electrons. The highest BCUT2D eigenvalue weighted by molar-refractivity contribution is 6.32. The molecule has 0 bridgehead atoms. The van der Waals surface area contributed by atoms with Crippen molar-refractivity contribution < 1.29 is 18.7 Å². The van der Waals surface area contributed by atoms with E-state index in [1.807, 2.05) is 0 Å². The third kappa shape index (κ3) is 1.92. The van der Waals surface area contributed by atoms with E-state index in [0.717, 1.165) is 0 Å². The van der Waals surface area contributed by atoms with Gasteiger partial charge in [-0.25, -0.2) is 4.39 Å². The van der Waals surface area contributed by atoms with Crippen molar-refractivity contribution in [2.45, 2.75) is 18.6 Å². The zero-order valence-corrected chi connectivity index (χ0v) is 9.15. The van der Waals surface area contributed by atoms with E-state index in [0.29, 0.717) is 0 Å². The molecule has 4 nitrogen and oxygen atoms in total. The first kappa shape index (κ1) is 11.4. The Balaban J connectivity index is 2.19. The van der Waals surface area contributed by atoms with Crippen molar-refractivity contribution in [3.63, 3.8) is 0 Å². The first-order chi connectivity index (χ1) is 7.63. The molecule has 1 fully saturated rings. The Bertz CT molecular complexity index is 395. The van der Waals surface area contributed by atoms with E-state index in [-0.39, 0.29) is 30.4 Å². The SMILES string of the molecule is O=C(c1ccoc1Cl)N1C[C@@H](F)C[C@H]1CO. The van der Waals surface area contributed by atoms with Crippen molar-refractivity contribution in [1.82, 2.24) is 4.90 Å². The van der Waals surface area contributed by atoms with Crippen molar-refractivity contribution in [2.24, 2.45) is 0 Å². The van der Waals surface area contributed by atoms with E-state index >= 15 is 0 Å².